The van der Waals surface area contributed by atoms with Crippen LogP contribution in [-0.2, 0) is 5.60 Å². The van der Waals surface area contributed by atoms with Crippen molar-refractivity contribution in [2.24, 2.45) is 5.92 Å². The van der Waals surface area contributed by atoms with Crippen LogP contribution in [0.2, 0.25) is 4.34 Å². The van der Waals surface area contributed by atoms with E-state index in [9.17, 15) is 5.11 Å². The van der Waals surface area contributed by atoms with Gasteiger partial charge < -0.3 is 5.11 Å². The first-order valence-corrected chi connectivity index (χ1v) is 6.31. The first kappa shape index (κ1) is 10.5. The van der Waals surface area contributed by atoms with Gasteiger partial charge in [0.05, 0.1) is 9.94 Å². The summed E-state index contributed by atoms with van der Waals surface area (Å²) in [5.41, 5.74) is -0.585. The average Bonchev–Trinajstić information content (AvgIpc) is 2.73. The minimum absolute atomic E-state index is 0.585. The maximum absolute atomic E-state index is 10.4. The van der Waals surface area contributed by atoms with Crippen LogP contribution in [-0.4, -0.2) is 5.11 Å². The van der Waals surface area contributed by atoms with Crippen LogP contribution in [0.3, 0.4) is 0 Å². The summed E-state index contributed by atoms with van der Waals surface area (Å²) < 4.78 is 0.772. The van der Waals surface area contributed by atoms with Gasteiger partial charge in [-0.2, -0.15) is 0 Å². The van der Waals surface area contributed by atoms with E-state index in [-0.39, 0.29) is 0 Å². The molecule has 1 aromatic heterocycles. The molecular weight excluding hydrogens is 216 g/mol. The molecule has 1 heterocycles. The zero-order valence-corrected chi connectivity index (χ0v) is 9.87. The summed E-state index contributed by atoms with van der Waals surface area (Å²) in [4.78, 5) is 1.04. The second-order valence-corrected chi connectivity index (χ2v) is 5.87. The molecule has 0 spiro atoms. The predicted octanol–water partition coefficient (Wildman–Crippen LogP) is 3.80. The summed E-state index contributed by atoms with van der Waals surface area (Å²) >= 11 is 7.39. The number of halogens is 1. The minimum Gasteiger partial charge on any atom is -0.384 e. The van der Waals surface area contributed by atoms with Gasteiger partial charge in [-0.3, -0.25) is 0 Å². The monoisotopic (exact) mass is 230 g/mol. The van der Waals surface area contributed by atoms with Gasteiger partial charge in [0.25, 0.3) is 0 Å². The van der Waals surface area contributed by atoms with Gasteiger partial charge in [0, 0.05) is 4.88 Å². The van der Waals surface area contributed by atoms with Crippen molar-refractivity contribution in [2.75, 3.05) is 0 Å². The predicted molar refractivity (Wildman–Crippen MR) is 60.9 cm³/mol. The summed E-state index contributed by atoms with van der Waals surface area (Å²) in [6.45, 7) is 2.19. The third-order valence-corrected chi connectivity index (χ3v) is 4.63. The molecule has 0 saturated heterocycles. The Morgan fingerprint density at radius 1 is 1.64 bits per heavy atom. The molecule has 0 aliphatic heterocycles. The van der Waals surface area contributed by atoms with Crippen LogP contribution in [0.4, 0.5) is 0 Å². The highest BCUT2D eigenvalue weighted by Gasteiger charge is 2.38. The maximum atomic E-state index is 10.4. The molecule has 1 aromatic rings. The van der Waals surface area contributed by atoms with Crippen molar-refractivity contribution in [3.63, 3.8) is 0 Å². The van der Waals surface area contributed by atoms with Gasteiger partial charge in [-0.05, 0) is 37.3 Å². The van der Waals surface area contributed by atoms with Crippen molar-refractivity contribution in [2.45, 2.75) is 38.2 Å². The van der Waals surface area contributed by atoms with Crippen LogP contribution in [0.15, 0.2) is 12.1 Å². The van der Waals surface area contributed by atoms with Gasteiger partial charge in [0.1, 0.15) is 0 Å². The normalized spacial score (nSPS) is 32.4. The molecule has 2 atom stereocenters. The Morgan fingerprint density at radius 2 is 2.43 bits per heavy atom. The van der Waals surface area contributed by atoms with Crippen molar-refractivity contribution < 1.29 is 5.11 Å². The van der Waals surface area contributed by atoms with Gasteiger partial charge in [-0.25, -0.2) is 0 Å². The summed E-state index contributed by atoms with van der Waals surface area (Å²) in [6, 6.07) is 3.84. The Labute approximate surface area is 93.7 Å². The lowest BCUT2D eigenvalue weighted by Gasteiger charge is -2.20. The van der Waals surface area contributed by atoms with Crippen LogP contribution < -0.4 is 0 Å². The highest BCUT2D eigenvalue weighted by Crippen LogP contribution is 2.45. The van der Waals surface area contributed by atoms with E-state index >= 15 is 0 Å². The summed E-state index contributed by atoms with van der Waals surface area (Å²) in [5, 5.41) is 10.4. The Morgan fingerprint density at radius 3 is 2.93 bits per heavy atom. The molecule has 0 aromatic carbocycles. The van der Waals surface area contributed by atoms with Gasteiger partial charge in [0.15, 0.2) is 0 Å². The molecule has 1 N–H and O–H groups in total. The number of aliphatic hydroxyl groups is 1. The highest BCUT2D eigenvalue weighted by molar-refractivity contribution is 7.16. The van der Waals surface area contributed by atoms with Crippen molar-refractivity contribution in [1.82, 2.24) is 0 Å². The maximum Gasteiger partial charge on any atom is 0.0991 e. The lowest BCUT2D eigenvalue weighted by Crippen LogP contribution is -2.19. The smallest absolute Gasteiger partial charge is 0.0991 e. The average molecular weight is 231 g/mol. The Hall–Kier alpha value is -0.0500. The third kappa shape index (κ3) is 1.83. The molecule has 14 heavy (non-hydrogen) atoms. The first-order chi connectivity index (χ1) is 6.64. The van der Waals surface area contributed by atoms with Crippen molar-refractivity contribution in [1.29, 1.82) is 0 Å². The van der Waals surface area contributed by atoms with Crippen LogP contribution in [0.1, 0.15) is 37.5 Å². The van der Waals surface area contributed by atoms with Crippen LogP contribution in [0.25, 0.3) is 0 Å². The van der Waals surface area contributed by atoms with Gasteiger partial charge in [-0.1, -0.05) is 24.9 Å². The quantitative estimate of drug-likeness (QED) is 0.820. The van der Waals surface area contributed by atoms with E-state index < -0.39 is 5.60 Å². The summed E-state index contributed by atoms with van der Waals surface area (Å²) in [5.74, 6) is 0.681. The molecule has 0 radical (unpaired) electrons. The SMILES string of the molecule is CCC1CCC(O)(c2ccc(Cl)s2)C1. The van der Waals surface area contributed by atoms with E-state index in [0.29, 0.717) is 5.92 Å². The van der Waals surface area contributed by atoms with E-state index in [1.54, 1.807) is 0 Å². The molecule has 1 fully saturated rings. The molecule has 3 heteroatoms. The molecule has 2 unspecified atom stereocenters. The molecule has 2 rings (SSSR count). The lowest BCUT2D eigenvalue weighted by molar-refractivity contribution is 0.0436. The zero-order chi connectivity index (χ0) is 10.2. The largest absolute Gasteiger partial charge is 0.384 e. The highest BCUT2D eigenvalue weighted by atomic mass is 35.5. The second kappa shape index (κ2) is 3.84. The van der Waals surface area contributed by atoms with Crippen LogP contribution in [0.5, 0.6) is 0 Å². The fourth-order valence-corrected chi connectivity index (χ4v) is 3.43. The first-order valence-electron chi connectivity index (χ1n) is 5.12. The fourth-order valence-electron chi connectivity index (χ4n) is 2.26. The molecule has 1 nitrogen and oxygen atoms in total. The summed E-state index contributed by atoms with van der Waals surface area (Å²) in [6.07, 6.45) is 4.10. The standard InChI is InChI=1S/C11H15ClOS/c1-2-8-5-6-11(13,7-8)9-3-4-10(12)14-9/h3-4,8,13H,2,5-7H2,1H3. The lowest BCUT2D eigenvalue weighted by atomic mass is 9.97. The van der Waals surface area contributed by atoms with Crippen LogP contribution in [0, 0.1) is 5.92 Å². The second-order valence-electron chi connectivity index (χ2n) is 4.15. The molecule has 1 aliphatic rings. The van der Waals surface area contributed by atoms with Crippen molar-refractivity contribution >= 4 is 22.9 Å². The molecule has 1 aliphatic carbocycles. The Bertz CT molecular complexity index is 323. The third-order valence-electron chi connectivity index (χ3n) is 3.20. The number of rotatable bonds is 2. The van der Waals surface area contributed by atoms with E-state index in [1.165, 1.54) is 17.8 Å². The molecule has 0 amide bonds. The van der Waals surface area contributed by atoms with E-state index in [0.717, 1.165) is 28.5 Å². The van der Waals surface area contributed by atoms with Crippen molar-refractivity contribution in [3.8, 4) is 0 Å². The van der Waals surface area contributed by atoms with Crippen LogP contribution >= 0.6 is 22.9 Å². The fraction of sp³-hybridized carbons (Fsp3) is 0.636. The molecule has 0 bridgehead atoms. The number of hydrogen-bond acceptors (Lipinski definition) is 2. The van der Waals surface area contributed by atoms with E-state index in [4.69, 9.17) is 11.6 Å². The molecular formula is C11H15ClOS. The van der Waals surface area contributed by atoms with Gasteiger partial charge in [-0.15, -0.1) is 11.3 Å². The minimum atomic E-state index is -0.585. The number of thiophene rings is 1. The topological polar surface area (TPSA) is 20.2 Å². The molecule has 78 valence electrons. The van der Waals surface area contributed by atoms with Crippen molar-refractivity contribution in [3.05, 3.63) is 21.3 Å². The Kier molecular flexibility index (Phi) is 2.87. The summed E-state index contributed by atoms with van der Waals surface area (Å²) in [7, 11) is 0. The van der Waals surface area contributed by atoms with E-state index in [2.05, 4.69) is 6.92 Å². The molecule has 1 saturated carbocycles. The van der Waals surface area contributed by atoms with E-state index in [1.807, 2.05) is 12.1 Å². The zero-order valence-electron chi connectivity index (χ0n) is 8.29. The van der Waals surface area contributed by atoms with Gasteiger partial charge >= 0.3 is 0 Å². The number of hydrogen-bond donors (Lipinski definition) is 1. The van der Waals surface area contributed by atoms with Gasteiger partial charge in [0.2, 0.25) is 0 Å². The Balaban J connectivity index is 2.18.